The SMILES string of the molecule is CCCCC1Cc2c(C)cc(F)c(F)c2C1. The number of aryl methyl sites for hydroxylation is 1. The van der Waals surface area contributed by atoms with Crippen LogP contribution in [0.25, 0.3) is 0 Å². The van der Waals surface area contributed by atoms with Crippen LogP contribution >= 0.6 is 0 Å². The monoisotopic (exact) mass is 224 g/mol. The Hall–Kier alpha value is -0.920. The predicted octanol–water partition coefficient (Wildman–Crippen LogP) is 4.18. The summed E-state index contributed by atoms with van der Waals surface area (Å²) < 4.78 is 26.8. The molecule has 1 unspecified atom stereocenters. The number of halogens is 2. The molecule has 1 aromatic rings. The molecule has 0 heterocycles. The van der Waals surface area contributed by atoms with Crippen molar-refractivity contribution in [1.82, 2.24) is 0 Å². The molecule has 0 nitrogen and oxygen atoms in total. The van der Waals surface area contributed by atoms with Crippen molar-refractivity contribution >= 4 is 0 Å². The first-order valence-corrected chi connectivity index (χ1v) is 6.09. The first kappa shape index (κ1) is 11.6. The van der Waals surface area contributed by atoms with Gasteiger partial charge in [-0.05, 0) is 54.9 Å². The van der Waals surface area contributed by atoms with Crippen molar-refractivity contribution in [3.63, 3.8) is 0 Å². The number of hydrogen-bond donors (Lipinski definition) is 0. The minimum atomic E-state index is -0.688. The zero-order chi connectivity index (χ0) is 11.7. The molecule has 1 aliphatic rings. The van der Waals surface area contributed by atoms with E-state index < -0.39 is 11.6 Å². The lowest BCUT2D eigenvalue weighted by atomic mass is 9.99. The van der Waals surface area contributed by atoms with E-state index in [9.17, 15) is 8.78 Å². The third-order valence-electron chi connectivity index (χ3n) is 3.61. The van der Waals surface area contributed by atoms with Gasteiger partial charge in [-0.3, -0.25) is 0 Å². The topological polar surface area (TPSA) is 0 Å². The lowest BCUT2D eigenvalue weighted by Crippen LogP contribution is -1.99. The molecule has 88 valence electrons. The van der Waals surface area contributed by atoms with Gasteiger partial charge >= 0.3 is 0 Å². The summed E-state index contributed by atoms with van der Waals surface area (Å²) in [6.07, 6.45) is 5.13. The van der Waals surface area contributed by atoms with Crippen molar-refractivity contribution in [2.24, 2.45) is 5.92 Å². The van der Waals surface area contributed by atoms with Crippen LogP contribution in [-0.2, 0) is 12.8 Å². The molecule has 0 saturated heterocycles. The summed E-state index contributed by atoms with van der Waals surface area (Å²) in [4.78, 5) is 0. The Kier molecular flexibility index (Phi) is 3.27. The maximum absolute atomic E-state index is 13.6. The Labute approximate surface area is 95.7 Å². The average Bonchev–Trinajstić information content (AvgIpc) is 2.68. The predicted molar refractivity (Wildman–Crippen MR) is 61.5 cm³/mol. The minimum Gasteiger partial charge on any atom is -0.204 e. The second-order valence-corrected chi connectivity index (χ2v) is 4.86. The molecule has 0 spiro atoms. The summed E-state index contributed by atoms with van der Waals surface area (Å²) in [7, 11) is 0. The second kappa shape index (κ2) is 4.52. The first-order chi connectivity index (χ1) is 7.63. The largest absolute Gasteiger partial charge is 0.204 e. The van der Waals surface area contributed by atoms with Crippen LogP contribution in [0.5, 0.6) is 0 Å². The third kappa shape index (κ3) is 1.98. The van der Waals surface area contributed by atoms with E-state index in [1.165, 1.54) is 18.9 Å². The molecule has 0 bridgehead atoms. The smallest absolute Gasteiger partial charge is 0.162 e. The van der Waals surface area contributed by atoms with E-state index in [1.807, 2.05) is 6.92 Å². The van der Waals surface area contributed by atoms with Crippen molar-refractivity contribution in [2.45, 2.75) is 46.0 Å². The van der Waals surface area contributed by atoms with Crippen molar-refractivity contribution in [2.75, 3.05) is 0 Å². The van der Waals surface area contributed by atoms with E-state index in [1.54, 1.807) is 0 Å². The highest BCUT2D eigenvalue weighted by Gasteiger charge is 2.27. The molecule has 0 fully saturated rings. The maximum Gasteiger partial charge on any atom is 0.162 e. The molecule has 2 rings (SSSR count). The molecule has 0 aromatic heterocycles. The van der Waals surface area contributed by atoms with Gasteiger partial charge in [0.25, 0.3) is 0 Å². The van der Waals surface area contributed by atoms with Crippen LogP contribution in [0.3, 0.4) is 0 Å². The zero-order valence-electron chi connectivity index (χ0n) is 9.95. The first-order valence-electron chi connectivity index (χ1n) is 6.09. The molecule has 0 radical (unpaired) electrons. The third-order valence-corrected chi connectivity index (χ3v) is 3.61. The average molecular weight is 224 g/mol. The van der Waals surface area contributed by atoms with Gasteiger partial charge in [0.15, 0.2) is 11.6 Å². The fraction of sp³-hybridized carbons (Fsp3) is 0.571. The Morgan fingerprint density at radius 1 is 1.25 bits per heavy atom. The van der Waals surface area contributed by atoms with Gasteiger partial charge in [-0.1, -0.05) is 19.8 Å². The van der Waals surface area contributed by atoms with E-state index in [0.717, 1.165) is 30.4 Å². The van der Waals surface area contributed by atoms with Gasteiger partial charge in [-0.25, -0.2) is 8.78 Å². The lowest BCUT2D eigenvalue weighted by molar-refractivity contribution is 0.472. The molecule has 0 amide bonds. The lowest BCUT2D eigenvalue weighted by Gasteiger charge is -2.06. The van der Waals surface area contributed by atoms with Gasteiger partial charge < -0.3 is 0 Å². The molecule has 1 atom stereocenters. The van der Waals surface area contributed by atoms with Crippen molar-refractivity contribution in [1.29, 1.82) is 0 Å². The van der Waals surface area contributed by atoms with Crippen molar-refractivity contribution in [3.8, 4) is 0 Å². The second-order valence-electron chi connectivity index (χ2n) is 4.86. The Bertz CT molecular complexity index is 396. The summed E-state index contributed by atoms with van der Waals surface area (Å²) in [6.45, 7) is 4.04. The molecule has 1 aliphatic carbocycles. The van der Waals surface area contributed by atoms with Gasteiger partial charge in [0.05, 0.1) is 0 Å². The van der Waals surface area contributed by atoms with Crippen LogP contribution in [0.1, 0.15) is 42.9 Å². The van der Waals surface area contributed by atoms with Crippen LogP contribution in [0.2, 0.25) is 0 Å². The molecule has 0 N–H and O–H groups in total. The van der Waals surface area contributed by atoms with E-state index in [2.05, 4.69) is 6.92 Å². The fourth-order valence-corrected chi connectivity index (χ4v) is 2.70. The van der Waals surface area contributed by atoms with Gasteiger partial charge in [-0.2, -0.15) is 0 Å². The van der Waals surface area contributed by atoms with Crippen LogP contribution in [0, 0.1) is 24.5 Å². The summed E-state index contributed by atoms with van der Waals surface area (Å²) in [5.74, 6) is -0.781. The highest BCUT2D eigenvalue weighted by Crippen LogP contribution is 2.34. The summed E-state index contributed by atoms with van der Waals surface area (Å²) in [5.41, 5.74) is 2.60. The minimum absolute atomic E-state index is 0.518. The van der Waals surface area contributed by atoms with E-state index in [-0.39, 0.29) is 0 Å². The summed E-state index contributed by atoms with van der Waals surface area (Å²) in [6, 6.07) is 1.33. The number of hydrogen-bond acceptors (Lipinski definition) is 0. The molecule has 2 heteroatoms. The molecular formula is C14H18F2. The van der Waals surface area contributed by atoms with Crippen LogP contribution in [-0.4, -0.2) is 0 Å². The van der Waals surface area contributed by atoms with Gasteiger partial charge in [0, 0.05) is 0 Å². The van der Waals surface area contributed by atoms with E-state index in [4.69, 9.17) is 0 Å². The number of fused-ring (bicyclic) bond motifs is 1. The Morgan fingerprint density at radius 2 is 1.94 bits per heavy atom. The molecule has 0 aliphatic heterocycles. The standard InChI is InChI=1S/C14H18F2/c1-3-4-5-10-7-11-9(2)6-13(15)14(16)12(11)8-10/h6,10H,3-5,7-8H2,1-2H3. The normalized spacial score (nSPS) is 18.9. The highest BCUT2D eigenvalue weighted by atomic mass is 19.2. The molecule has 1 aromatic carbocycles. The maximum atomic E-state index is 13.6. The number of rotatable bonds is 3. The quantitative estimate of drug-likeness (QED) is 0.722. The highest BCUT2D eigenvalue weighted by molar-refractivity contribution is 5.40. The molecule has 16 heavy (non-hydrogen) atoms. The summed E-state index contributed by atoms with van der Waals surface area (Å²) >= 11 is 0. The van der Waals surface area contributed by atoms with Crippen LogP contribution in [0.4, 0.5) is 8.78 Å². The Morgan fingerprint density at radius 3 is 2.62 bits per heavy atom. The van der Waals surface area contributed by atoms with E-state index in [0.29, 0.717) is 11.5 Å². The van der Waals surface area contributed by atoms with E-state index >= 15 is 0 Å². The fourth-order valence-electron chi connectivity index (χ4n) is 2.70. The number of benzene rings is 1. The molecular weight excluding hydrogens is 206 g/mol. The zero-order valence-corrected chi connectivity index (χ0v) is 9.95. The van der Waals surface area contributed by atoms with Crippen LogP contribution in [0.15, 0.2) is 6.07 Å². The Balaban J connectivity index is 2.23. The molecule has 0 saturated carbocycles. The van der Waals surface area contributed by atoms with Crippen molar-refractivity contribution < 1.29 is 8.78 Å². The van der Waals surface area contributed by atoms with Gasteiger partial charge in [-0.15, -0.1) is 0 Å². The van der Waals surface area contributed by atoms with Crippen LogP contribution < -0.4 is 0 Å². The van der Waals surface area contributed by atoms with Gasteiger partial charge in [0.1, 0.15) is 0 Å². The van der Waals surface area contributed by atoms with Crippen molar-refractivity contribution in [3.05, 3.63) is 34.4 Å². The summed E-state index contributed by atoms with van der Waals surface area (Å²) in [5, 5.41) is 0. The van der Waals surface area contributed by atoms with Gasteiger partial charge in [0.2, 0.25) is 0 Å². The number of unbranched alkanes of at least 4 members (excludes halogenated alkanes) is 1.